The van der Waals surface area contributed by atoms with Crippen LogP contribution >= 0.6 is 11.3 Å². The van der Waals surface area contributed by atoms with Gasteiger partial charge >= 0.3 is 0 Å². The molecule has 2 atom stereocenters. The molecule has 0 saturated carbocycles. The van der Waals surface area contributed by atoms with Crippen molar-refractivity contribution in [3.8, 4) is 0 Å². The second-order valence-corrected chi connectivity index (χ2v) is 8.00. The molecule has 7 nitrogen and oxygen atoms in total. The first kappa shape index (κ1) is 18.6. The summed E-state index contributed by atoms with van der Waals surface area (Å²) in [5.41, 5.74) is 7.82. The molecule has 146 valence electrons. The van der Waals surface area contributed by atoms with E-state index in [0.29, 0.717) is 18.0 Å². The molecule has 3 heterocycles. The Morgan fingerprint density at radius 1 is 1.36 bits per heavy atom. The Morgan fingerprint density at radius 3 is 3.00 bits per heavy atom. The molecule has 0 aliphatic carbocycles. The van der Waals surface area contributed by atoms with Crippen LogP contribution in [-0.2, 0) is 11.2 Å². The van der Waals surface area contributed by atoms with Crippen LogP contribution in [0.25, 0.3) is 10.9 Å². The number of hydrogen-bond acceptors (Lipinski definition) is 5. The molecular weight excluding hydrogens is 374 g/mol. The van der Waals surface area contributed by atoms with Crippen molar-refractivity contribution in [1.82, 2.24) is 20.6 Å². The van der Waals surface area contributed by atoms with Gasteiger partial charge in [-0.2, -0.15) is 0 Å². The Kier molecular flexibility index (Phi) is 5.40. The first-order chi connectivity index (χ1) is 13.6. The maximum atomic E-state index is 12.6. The molecule has 1 saturated heterocycles. The fraction of sp³-hybridized carbons (Fsp3) is 0.350. The number of para-hydroxylation sites is 1. The number of thiazole rings is 1. The minimum atomic E-state index is -0.798. The summed E-state index contributed by atoms with van der Waals surface area (Å²) in [5, 5.41) is 9.85. The number of piperidine rings is 1. The molecule has 1 aliphatic heterocycles. The number of carbonyl (C=O) groups excluding carboxylic acids is 2. The summed E-state index contributed by atoms with van der Waals surface area (Å²) in [6.45, 7) is 1.92. The molecule has 1 aromatic carbocycles. The lowest BCUT2D eigenvalue weighted by atomic mass is 10.0. The number of hydrogen-bond donors (Lipinski definition) is 4. The van der Waals surface area contributed by atoms with Gasteiger partial charge in [-0.3, -0.25) is 9.59 Å². The van der Waals surface area contributed by atoms with Gasteiger partial charge in [-0.15, -0.1) is 11.3 Å². The molecule has 4 rings (SSSR count). The number of primary amides is 1. The summed E-state index contributed by atoms with van der Waals surface area (Å²) in [4.78, 5) is 32.3. The molecule has 8 heteroatoms. The number of H-pyrrole nitrogens is 1. The second-order valence-electron chi connectivity index (χ2n) is 7.11. The molecule has 0 bridgehead atoms. The summed E-state index contributed by atoms with van der Waals surface area (Å²) in [6.07, 6.45) is 4.37. The highest BCUT2D eigenvalue weighted by molar-refractivity contribution is 7.09. The summed E-state index contributed by atoms with van der Waals surface area (Å²) in [5.74, 6) is -0.584. The Bertz CT molecular complexity index is 989. The van der Waals surface area contributed by atoms with Crippen LogP contribution in [0.1, 0.15) is 39.8 Å². The van der Waals surface area contributed by atoms with E-state index in [-0.39, 0.29) is 5.91 Å². The second kappa shape index (κ2) is 8.12. The van der Waals surface area contributed by atoms with E-state index in [1.807, 2.05) is 30.5 Å². The number of aromatic amines is 1. The van der Waals surface area contributed by atoms with Gasteiger partial charge in [0.25, 0.3) is 5.91 Å². The zero-order chi connectivity index (χ0) is 19.5. The molecule has 1 fully saturated rings. The average Bonchev–Trinajstić information content (AvgIpc) is 3.36. The maximum absolute atomic E-state index is 12.6. The Morgan fingerprint density at radius 2 is 2.21 bits per heavy atom. The number of amides is 2. The highest BCUT2D eigenvalue weighted by Gasteiger charge is 2.24. The summed E-state index contributed by atoms with van der Waals surface area (Å²) >= 11 is 1.49. The van der Waals surface area contributed by atoms with Crippen molar-refractivity contribution in [2.45, 2.75) is 31.2 Å². The zero-order valence-electron chi connectivity index (χ0n) is 15.4. The van der Waals surface area contributed by atoms with Gasteiger partial charge in [-0.25, -0.2) is 4.98 Å². The van der Waals surface area contributed by atoms with Crippen LogP contribution in [0.4, 0.5) is 0 Å². The van der Waals surface area contributed by atoms with E-state index >= 15 is 0 Å². The molecular formula is C20H23N5O2S. The van der Waals surface area contributed by atoms with Crippen LogP contribution < -0.4 is 16.4 Å². The first-order valence-electron chi connectivity index (χ1n) is 9.43. The van der Waals surface area contributed by atoms with Crippen LogP contribution in [0.5, 0.6) is 0 Å². The van der Waals surface area contributed by atoms with Crippen LogP contribution in [-0.4, -0.2) is 40.9 Å². The van der Waals surface area contributed by atoms with Gasteiger partial charge in [0.05, 0.1) is 5.01 Å². The van der Waals surface area contributed by atoms with E-state index in [4.69, 9.17) is 5.73 Å². The predicted molar refractivity (Wildman–Crippen MR) is 109 cm³/mol. The van der Waals surface area contributed by atoms with E-state index in [0.717, 1.165) is 47.4 Å². The molecule has 5 N–H and O–H groups in total. The first-order valence-corrected chi connectivity index (χ1v) is 10.3. The third-order valence-corrected chi connectivity index (χ3v) is 6.16. The van der Waals surface area contributed by atoms with E-state index in [9.17, 15) is 9.59 Å². The minimum absolute atomic E-state index is 0.328. The molecule has 2 unspecified atom stereocenters. The lowest BCUT2D eigenvalue weighted by Gasteiger charge is -2.20. The third kappa shape index (κ3) is 3.93. The zero-order valence-corrected chi connectivity index (χ0v) is 16.2. The fourth-order valence-corrected chi connectivity index (χ4v) is 4.55. The molecule has 2 aromatic heterocycles. The van der Waals surface area contributed by atoms with Gasteiger partial charge in [0.2, 0.25) is 5.91 Å². The SMILES string of the molecule is NC(=O)C(Cc1c[nH]c2ccccc12)NC(=O)c1csc(C2CCCNC2)n1. The largest absolute Gasteiger partial charge is 0.368 e. The van der Waals surface area contributed by atoms with Gasteiger partial charge in [-0.1, -0.05) is 18.2 Å². The number of aromatic nitrogens is 2. The summed E-state index contributed by atoms with van der Waals surface area (Å²) in [6, 6.07) is 7.03. The molecule has 28 heavy (non-hydrogen) atoms. The monoisotopic (exact) mass is 397 g/mol. The van der Waals surface area contributed by atoms with Gasteiger partial charge in [0, 0.05) is 41.4 Å². The third-order valence-electron chi connectivity index (χ3n) is 5.15. The van der Waals surface area contributed by atoms with Crippen LogP contribution in [0.2, 0.25) is 0 Å². The number of fused-ring (bicyclic) bond motifs is 1. The van der Waals surface area contributed by atoms with Crippen molar-refractivity contribution in [2.75, 3.05) is 13.1 Å². The quantitative estimate of drug-likeness (QED) is 0.509. The Hall–Kier alpha value is -2.71. The van der Waals surface area contributed by atoms with Crippen LogP contribution in [0, 0.1) is 0 Å². The molecule has 0 spiro atoms. The molecule has 1 aliphatic rings. The lowest BCUT2D eigenvalue weighted by Crippen LogP contribution is -2.46. The average molecular weight is 398 g/mol. The Balaban J connectivity index is 1.46. The van der Waals surface area contributed by atoms with Crippen molar-refractivity contribution < 1.29 is 9.59 Å². The summed E-state index contributed by atoms with van der Waals surface area (Å²) in [7, 11) is 0. The molecule has 2 amide bonds. The normalized spacial score (nSPS) is 18.1. The van der Waals surface area contributed by atoms with Crippen LogP contribution in [0.15, 0.2) is 35.8 Å². The van der Waals surface area contributed by atoms with Gasteiger partial charge in [0.1, 0.15) is 11.7 Å². The number of nitrogens with two attached hydrogens (primary N) is 1. The molecule has 0 radical (unpaired) electrons. The number of carbonyl (C=O) groups is 2. The predicted octanol–water partition coefficient (Wildman–Crippen LogP) is 1.92. The van der Waals surface area contributed by atoms with E-state index in [1.165, 1.54) is 11.3 Å². The van der Waals surface area contributed by atoms with E-state index in [1.54, 1.807) is 5.38 Å². The lowest BCUT2D eigenvalue weighted by molar-refractivity contribution is -0.119. The standard InChI is InChI=1S/C20H23N5O2S/c21-18(26)16(8-13-10-23-15-6-2-1-5-14(13)15)24-19(27)17-11-28-20(25-17)12-4-3-7-22-9-12/h1-2,5-6,10-12,16,22-23H,3-4,7-9H2,(H2,21,26)(H,24,27). The topological polar surface area (TPSA) is 113 Å². The minimum Gasteiger partial charge on any atom is -0.368 e. The van der Waals surface area contributed by atoms with Crippen LogP contribution in [0.3, 0.4) is 0 Å². The van der Waals surface area contributed by atoms with Crippen molar-refractivity contribution >= 4 is 34.1 Å². The number of nitrogens with one attached hydrogen (secondary N) is 3. The highest BCUT2D eigenvalue weighted by atomic mass is 32.1. The van der Waals surface area contributed by atoms with Gasteiger partial charge < -0.3 is 21.4 Å². The van der Waals surface area contributed by atoms with Crippen molar-refractivity contribution in [3.05, 3.63) is 52.1 Å². The highest BCUT2D eigenvalue weighted by Crippen LogP contribution is 2.26. The summed E-state index contributed by atoms with van der Waals surface area (Å²) < 4.78 is 0. The Labute approximate surface area is 166 Å². The van der Waals surface area contributed by atoms with E-state index < -0.39 is 11.9 Å². The van der Waals surface area contributed by atoms with Gasteiger partial charge in [0.15, 0.2) is 0 Å². The number of rotatable bonds is 6. The fourth-order valence-electron chi connectivity index (χ4n) is 3.62. The smallest absolute Gasteiger partial charge is 0.271 e. The maximum Gasteiger partial charge on any atom is 0.271 e. The number of nitrogens with zero attached hydrogens (tertiary/aromatic N) is 1. The molecule has 3 aromatic rings. The number of benzene rings is 1. The van der Waals surface area contributed by atoms with Gasteiger partial charge in [-0.05, 0) is 31.0 Å². The van der Waals surface area contributed by atoms with Crippen molar-refractivity contribution in [2.24, 2.45) is 5.73 Å². The van der Waals surface area contributed by atoms with E-state index in [2.05, 4.69) is 20.6 Å². The van der Waals surface area contributed by atoms with Crippen molar-refractivity contribution in [1.29, 1.82) is 0 Å². The van der Waals surface area contributed by atoms with Crippen molar-refractivity contribution in [3.63, 3.8) is 0 Å².